The fourth-order valence-electron chi connectivity index (χ4n) is 5.93. The monoisotopic (exact) mass is 642 g/mol. The second kappa shape index (κ2) is 16.2. The van der Waals surface area contributed by atoms with Crippen LogP contribution in [0.2, 0.25) is 0 Å². The average Bonchev–Trinajstić information content (AvgIpc) is 3.10. The van der Waals surface area contributed by atoms with Gasteiger partial charge in [0.25, 0.3) is 5.91 Å². The number of ketones is 1. The van der Waals surface area contributed by atoms with Gasteiger partial charge in [0.05, 0.1) is 12.6 Å². The van der Waals surface area contributed by atoms with E-state index in [9.17, 15) is 14.4 Å². The number of carbonyl (C=O) groups excluding carboxylic acids is 3. The Balaban J connectivity index is 1.10. The quantitative estimate of drug-likeness (QED) is 0.218. The highest BCUT2D eigenvalue weighted by Crippen LogP contribution is 2.41. The van der Waals surface area contributed by atoms with Gasteiger partial charge in [0, 0.05) is 49.5 Å². The Hall–Kier alpha value is -4.67. The Bertz CT molecular complexity index is 1460. The maximum atomic E-state index is 13.1. The summed E-state index contributed by atoms with van der Waals surface area (Å²) in [5.74, 6) is -0.287. The summed E-state index contributed by atoms with van der Waals surface area (Å²) in [4.78, 5) is 52.5. The average molecular weight is 643 g/mol. The number of rotatable bonds is 15. The zero-order chi connectivity index (χ0) is 33.1. The molecule has 1 aliphatic heterocycles. The molecule has 1 saturated carbocycles. The number of unbranched alkanes of at least 4 members (excludes halogenated alkanes) is 1. The largest absolute Gasteiger partial charge is 0.477 e. The van der Waals surface area contributed by atoms with Crippen LogP contribution in [-0.2, 0) is 14.3 Å². The van der Waals surface area contributed by atoms with Crippen molar-refractivity contribution in [2.45, 2.75) is 64.5 Å². The molecule has 0 unspecified atom stereocenters. The number of aromatic nitrogens is 2. The number of nitrogens with one attached hydrogen (secondary N) is 2. The first kappa shape index (κ1) is 33.7. The first-order valence-corrected chi connectivity index (χ1v) is 16.7. The molecule has 11 nitrogen and oxygen atoms in total. The third-order valence-corrected chi connectivity index (χ3v) is 9.08. The number of amides is 2. The molecule has 2 amide bonds. The first-order valence-electron chi connectivity index (χ1n) is 16.7. The minimum Gasteiger partial charge on any atom is -0.477 e. The van der Waals surface area contributed by atoms with Crippen LogP contribution >= 0.6 is 0 Å². The second-order valence-corrected chi connectivity index (χ2v) is 12.5. The molecule has 1 aliphatic carbocycles. The van der Waals surface area contributed by atoms with E-state index >= 15 is 0 Å². The van der Waals surface area contributed by atoms with Gasteiger partial charge in [0.15, 0.2) is 0 Å². The van der Waals surface area contributed by atoms with Crippen molar-refractivity contribution < 1.29 is 23.9 Å². The maximum Gasteiger partial charge on any atom is 0.407 e. The molecule has 0 radical (unpaired) electrons. The summed E-state index contributed by atoms with van der Waals surface area (Å²) in [6.45, 7) is 7.66. The Labute approximate surface area is 277 Å². The molecule has 47 heavy (non-hydrogen) atoms. The number of carbonyl (C=O) groups is 3. The van der Waals surface area contributed by atoms with Gasteiger partial charge in [-0.3, -0.25) is 9.59 Å². The fourth-order valence-corrected chi connectivity index (χ4v) is 5.93. The Morgan fingerprint density at radius 3 is 2.23 bits per heavy atom. The van der Waals surface area contributed by atoms with E-state index < -0.39 is 23.8 Å². The summed E-state index contributed by atoms with van der Waals surface area (Å²) >= 11 is 0. The van der Waals surface area contributed by atoms with Crippen LogP contribution in [0.1, 0.15) is 64.0 Å². The normalized spacial score (nSPS) is 16.7. The highest BCUT2D eigenvalue weighted by Gasteiger charge is 2.40. The summed E-state index contributed by atoms with van der Waals surface area (Å²) < 4.78 is 11.8. The van der Waals surface area contributed by atoms with Crippen LogP contribution in [0.4, 0.5) is 16.4 Å². The third-order valence-electron chi connectivity index (χ3n) is 9.08. The molecule has 2 N–H and O–H groups in total. The van der Waals surface area contributed by atoms with E-state index in [1.807, 2.05) is 50.2 Å². The number of ether oxygens (including phenoxy) is 2. The molecule has 2 atom stereocenters. The number of nitrogens with zero attached hydrogens (tertiary/aromatic N) is 4. The molecule has 2 aliphatic rings. The summed E-state index contributed by atoms with van der Waals surface area (Å²) in [5.41, 5.74) is 1.77. The maximum absolute atomic E-state index is 13.1. The van der Waals surface area contributed by atoms with Gasteiger partial charge in [-0.25, -0.2) is 9.78 Å². The van der Waals surface area contributed by atoms with Gasteiger partial charge in [-0.2, -0.15) is 4.98 Å². The number of Topliss-reactive ketones (excluding diaryl/α,β-unsaturated/α-hetero) is 1. The van der Waals surface area contributed by atoms with Crippen LogP contribution in [0.5, 0.6) is 5.88 Å². The number of para-hydroxylation sites is 1. The Kier molecular flexibility index (Phi) is 11.6. The summed E-state index contributed by atoms with van der Waals surface area (Å²) in [6.07, 6.45) is 5.54. The number of hydrogen-bond acceptors (Lipinski definition) is 9. The minimum atomic E-state index is -0.965. The summed E-state index contributed by atoms with van der Waals surface area (Å²) in [6, 6.07) is 20.2. The van der Waals surface area contributed by atoms with E-state index in [0.717, 1.165) is 57.4 Å². The molecule has 1 aromatic heterocycles. The van der Waals surface area contributed by atoms with Crippen molar-refractivity contribution in [3.63, 3.8) is 0 Å². The highest BCUT2D eigenvalue weighted by molar-refractivity contribution is 6.38. The van der Waals surface area contributed by atoms with Crippen molar-refractivity contribution in [1.82, 2.24) is 20.6 Å². The van der Waals surface area contributed by atoms with Crippen LogP contribution in [0.15, 0.2) is 72.9 Å². The van der Waals surface area contributed by atoms with E-state index in [1.165, 1.54) is 5.69 Å². The Morgan fingerprint density at radius 1 is 0.894 bits per heavy atom. The molecule has 11 heteroatoms. The second-order valence-electron chi connectivity index (χ2n) is 12.5. The molecular formula is C36H46N6O5. The minimum absolute atomic E-state index is 0.143. The zero-order valence-corrected chi connectivity index (χ0v) is 27.4. The molecule has 2 fully saturated rings. The first-order chi connectivity index (χ1) is 22.9. The molecule has 0 bridgehead atoms. The fraction of sp³-hybridized carbons (Fsp3) is 0.472. The molecule has 0 spiro atoms. The number of piperazine rings is 1. The molecule has 5 rings (SSSR count). The van der Waals surface area contributed by atoms with Crippen LogP contribution < -0.4 is 25.2 Å². The topological polar surface area (TPSA) is 126 Å². The van der Waals surface area contributed by atoms with Crippen molar-refractivity contribution >= 4 is 29.4 Å². The molecule has 3 aromatic rings. The van der Waals surface area contributed by atoms with Gasteiger partial charge < -0.3 is 29.9 Å². The smallest absolute Gasteiger partial charge is 0.407 e. The van der Waals surface area contributed by atoms with Gasteiger partial charge in [-0.05, 0) is 43.9 Å². The van der Waals surface area contributed by atoms with Gasteiger partial charge in [0.2, 0.25) is 17.6 Å². The van der Waals surface area contributed by atoms with E-state index in [4.69, 9.17) is 9.47 Å². The Morgan fingerprint density at radius 2 is 1.57 bits per heavy atom. The van der Waals surface area contributed by atoms with Crippen LogP contribution in [0.25, 0.3) is 0 Å². The third kappa shape index (κ3) is 9.21. The highest BCUT2D eigenvalue weighted by atomic mass is 16.6. The summed E-state index contributed by atoms with van der Waals surface area (Å²) in [5, 5.41) is 5.41. The van der Waals surface area contributed by atoms with Crippen LogP contribution in [0.3, 0.4) is 0 Å². The van der Waals surface area contributed by atoms with Crippen molar-refractivity contribution in [3.05, 3.63) is 78.5 Å². The van der Waals surface area contributed by atoms with Crippen LogP contribution in [0, 0.1) is 5.41 Å². The lowest BCUT2D eigenvalue weighted by Crippen LogP contribution is -2.49. The van der Waals surface area contributed by atoms with Crippen molar-refractivity contribution in [2.24, 2.45) is 5.41 Å². The SMILES string of the molecule is CCCC[C@H](NC(=O)OCC1(COc2ccnc(N3CCN(c4ccccc4)CC3)n2)CCC1)C(=O)C(=O)N[C@H](C)c1ccccc1. The number of anilines is 2. The number of hydrogen-bond donors (Lipinski definition) is 2. The van der Waals surface area contributed by atoms with E-state index in [0.29, 0.717) is 31.3 Å². The molecule has 250 valence electrons. The summed E-state index contributed by atoms with van der Waals surface area (Å²) in [7, 11) is 0. The molecule has 2 aromatic carbocycles. The van der Waals surface area contributed by atoms with Crippen molar-refractivity contribution in [1.29, 1.82) is 0 Å². The molecule has 1 saturated heterocycles. The number of benzene rings is 2. The number of alkyl carbamates (subject to hydrolysis) is 1. The van der Waals surface area contributed by atoms with Crippen molar-refractivity contribution in [3.8, 4) is 5.88 Å². The van der Waals surface area contributed by atoms with E-state index in [2.05, 4.69) is 54.7 Å². The lowest BCUT2D eigenvalue weighted by atomic mass is 9.70. The van der Waals surface area contributed by atoms with Gasteiger partial charge >= 0.3 is 6.09 Å². The molecular weight excluding hydrogens is 596 g/mol. The lowest BCUT2D eigenvalue weighted by Gasteiger charge is -2.40. The zero-order valence-electron chi connectivity index (χ0n) is 27.4. The van der Waals surface area contributed by atoms with E-state index in [-0.39, 0.29) is 18.1 Å². The predicted molar refractivity (Wildman–Crippen MR) is 180 cm³/mol. The predicted octanol–water partition coefficient (Wildman–Crippen LogP) is 5.08. The van der Waals surface area contributed by atoms with Crippen molar-refractivity contribution in [2.75, 3.05) is 49.2 Å². The van der Waals surface area contributed by atoms with Crippen LogP contribution in [-0.4, -0.2) is 73.2 Å². The lowest BCUT2D eigenvalue weighted by molar-refractivity contribution is -0.139. The standard InChI is InChI=1S/C36H46N6O5/c1-3-4-16-30(32(43)33(44)38-27(2)28-12-7-5-8-13-28)39-35(45)47-26-36(18-11-19-36)25-46-31-17-20-37-34(40-31)42-23-21-41(22-24-42)29-14-9-6-10-15-29/h5-10,12-15,17,20,27,30H,3-4,11,16,18-19,21-26H2,1-2H3,(H,38,44)(H,39,45)/t27-,30+/m1/s1. The molecule has 2 heterocycles. The van der Waals surface area contributed by atoms with E-state index in [1.54, 1.807) is 12.3 Å². The van der Waals surface area contributed by atoms with Gasteiger partial charge in [0.1, 0.15) is 12.6 Å². The van der Waals surface area contributed by atoms with Gasteiger partial charge in [-0.1, -0.05) is 74.7 Å². The van der Waals surface area contributed by atoms with Gasteiger partial charge in [-0.15, -0.1) is 0 Å².